The highest BCUT2D eigenvalue weighted by Gasteiger charge is 2.17. The fraction of sp³-hybridized carbons (Fsp3) is 0.143. The lowest BCUT2D eigenvalue weighted by molar-refractivity contribution is 1.13. The lowest BCUT2D eigenvalue weighted by Gasteiger charge is -2.16. The molecule has 0 aliphatic rings. The Labute approximate surface area is 355 Å². The minimum Gasteiger partial charge on any atom is -0.378 e. The van der Waals surface area contributed by atoms with Crippen molar-refractivity contribution in [3.8, 4) is 47.4 Å². The second-order valence-corrected chi connectivity index (χ2v) is 15.8. The third-order valence-electron chi connectivity index (χ3n) is 10.8. The first-order chi connectivity index (χ1) is 29.0. The molecule has 0 N–H and O–H groups in total. The van der Waals surface area contributed by atoms with Crippen LogP contribution in [0.3, 0.4) is 0 Å². The number of nitrogens with zero attached hydrogens (tertiary/aromatic N) is 4. The standard InChI is InChI=1S/C56H46N4/c1-57(2)47-25-13-39(14-26-47)9-21-43-37-44(22-10-40-15-27-48(28-16-40)58(3)4)52-35-36-54-46(24-12-42-19-31-50(32-20-42)60(7)8)38-45(53-34-33-51(43)55(52)56(53)54)23-11-41-17-29-49(30-18-41)59(5)6/h13-20,25-38H,1-8H3. The molecule has 0 amide bonds. The van der Waals surface area contributed by atoms with Crippen molar-refractivity contribution < 1.29 is 0 Å². The van der Waals surface area contributed by atoms with Crippen molar-refractivity contribution in [1.82, 2.24) is 0 Å². The molecule has 0 aliphatic heterocycles. The van der Waals surface area contributed by atoms with Gasteiger partial charge in [-0.15, -0.1) is 0 Å². The third-order valence-corrected chi connectivity index (χ3v) is 10.8. The van der Waals surface area contributed by atoms with Crippen LogP contribution in [0.25, 0.3) is 32.3 Å². The van der Waals surface area contributed by atoms with Gasteiger partial charge in [0.25, 0.3) is 0 Å². The van der Waals surface area contributed by atoms with E-state index in [-0.39, 0.29) is 0 Å². The minimum atomic E-state index is 0.923. The Kier molecular flexibility index (Phi) is 10.8. The van der Waals surface area contributed by atoms with E-state index in [1.165, 1.54) is 0 Å². The highest BCUT2D eigenvalue weighted by atomic mass is 15.1. The number of anilines is 4. The van der Waals surface area contributed by atoms with Crippen molar-refractivity contribution in [2.24, 2.45) is 0 Å². The summed E-state index contributed by atoms with van der Waals surface area (Å²) in [5, 5.41) is 6.52. The van der Waals surface area contributed by atoms with Gasteiger partial charge < -0.3 is 19.6 Å². The molecule has 8 aromatic carbocycles. The van der Waals surface area contributed by atoms with Crippen LogP contribution < -0.4 is 19.6 Å². The fourth-order valence-corrected chi connectivity index (χ4v) is 7.34. The van der Waals surface area contributed by atoms with Crippen molar-refractivity contribution in [2.45, 2.75) is 0 Å². The summed E-state index contributed by atoms with van der Waals surface area (Å²) in [5.41, 5.74) is 12.0. The van der Waals surface area contributed by atoms with Crippen molar-refractivity contribution in [3.63, 3.8) is 0 Å². The molecule has 290 valence electrons. The first-order valence-corrected chi connectivity index (χ1v) is 20.0. The van der Waals surface area contributed by atoms with E-state index in [1.54, 1.807) is 0 Å². The molecular formula is C56H46N4. The van der Waals surface area contributed by atoms with Crippen molar-refractivity contribution in [3.05, 3.63) is 178 Å². The van der Waals surface area contributed by atoms with Crippen LogP contribution in [0, 0.1) is 47.4 Å². The van der Waals surface area contributed by atoms with Gasteiger partial charge in [-0.25, -0.2) is 0 Å². The van der Waals surface area contributed by atoms with E-state index >= 15 is 0 Å². The van der Waals surface area contributed by atoms with Crippen LogP contribution >= 0.6 is 0 Å². The Morgan fingerprint density at radius 2 is 0.450 bits per heavy atom. The zero-order chi connectivity index (χ0) is 41.9. The van der Waals surface area contributed by atoms with Crippen molar-refractivity contribution in [1.29, 1.82) is 0 Å². The Morgan fingerprint density at radius 1 is 0.250 bits per heavy atom. The molecule has 0 fully saturated rings. The molecule has 0 radical (unpaired) electrons. The predicted molar refractivity (Wildman–Crippen MR) is 257 cm³/mol. The molecule has 0 spiro atoms. The summed E-state index contributed by atoms with van der Waals surface area (Å²) in [6.07, 6.45) is 0. The van der Waals surface area contributed by atoms with Crippen LogP contribution in [-0.4, -0.2) is 56.4 Å². The molecule has 4 heteroatoms. The summed E-state index contributed by atoms with van der Waals surface area (Å²) in [4.78, 5) is 8.37. The molecule has 0 atom stereocenters. The maximum Gasteiger partial charge on any atom is 0.0361 e. The van der Waals surface area contributed by atoms with Crippen LogP contribution in [0.5, 0.6) is 0 Å². The van der Waals surface area contributed by atoms with Gasteiger partial charge in [0.05, 0.1) is 0 Å². The zero-order valence-electron chi connectivity index (χ0n) is 35.5. The van der Waals surface area contributed by atoms with Crippen LogP contribution in [0.4, 0.5) is 22.7 Å². The molecule has 8 rings (SSSR count). The Hall–Kier alpha value is -7.76. The van der Waals surface area contributed by atoms with E-state index < -0.39 is 0 Å². The zero-order valence-corrected chi connectivity index (χ0v) is 35.5. The van der Waals surface area contributed by atoms with E-state index in [0.29, 0.717) is 0 Å². The van der Waals surface area contributed by atoms with Crippen molar-refractivity contribution in [2.75, 3.05) is 76.0 Å². The number of rotatable bonds is 4. The lowest BCUT2D eigenvalue weighted by Crippen LogP contribution is -2.07. The molecule has 0 heterocycles. The van der Waals surface area contributed by atoms with E-state index in [4.69, 9.17) is 0 Å². The lowest BCUT2D eigenvalue weighted by atomic mass is 9.86. The average Bonchev–Trinajstić information content (AvgIpc) is 3.26. The first kappa shape index (κ1) is 39.1. The van der Waals surface area contributed by atoms with Gasteiger partial charge in [-0.1, -0.05) is 71.6 Å². The van der Waals surface area contributed by atoms with Crippen LogP contribution in [-0.2, 0) is 0 Å². The largest absolute Gasteiger partial charge is 0.378 e. The number of hydrogen-bond acceptors (Lipinski definition) is 4. The van der Waals surface area contributed by atoms with Gasteiger partial charge >= 0.3 is 0 Å². The quantitative estimate of drug-likeness (QED) is 0.130. The van der Waals surface area contributed by atoms with Gasteiger partial charge in [-0.2, -0.15) is 0 Å². The molecule has 0 unspecified atom stereocenters. The molecule has 60 heavy (non-hydrogen) atoms. The molecule has 0 aromatic heterocycles. The Morgan fingerprint density at radius 3 is 0.633 bits per heavy atom. The van der Waals surface area contributed by atoms with Gasteiger partial charge in [0.2, 0.25) is 0 Å². The van der Waals surface area contributed by atoms with E-state index in [2.05, 4.69) is 200 Å². The molecule has 8 aromatic rings. The van der Waals surface area contributed by atoms with Crippen LogP contribution in [0.1, 0.15) is 44.5 Å². The predicted octanol–water partition coefficient (Wildman–Crippen LogP) is 10.4. The van der Waals surface area contributed by atoms with Gasteiger partial charge in [-0.3, -0.25) is 0 Å². The number of hydrogen-bond donors (Lipinski definition) is 0. The van der Waals surface area contributed by atoms with Crippen molar-refractivity contribution >= 4 is 55.1 Å². The Balaban J connectivity index is 1.37. The summed E-state index contributed by atoms with van der Waals surface area (Å²) >= 11 is 0. The number of benzene rings is 8. The van der Waals surface area contributed by atoms with E-state index in [9.17, 15) is 0 Å². The Bertz CT molecular complexity index is 2700. The minimum absolute atomic E-state index is 0.923. The van der Waals surface area contributed by atoms with E-state index in [0.717, 1.165) is 99.6 Å². The van der Waals surface area contributed by atoms with Gasteiger partial charge in [0.15, 0.2) is 0 Å². The second-order valence-electron chi connectivity index (χ2n) is 15.8. The molecular weight excluding hydrogens is 729 g/mol. The SMILES string of the molecule is CN(C)c1ccc(C#Cc2cc(C#Cc3ccc(N(C)C)cc3)c3ccc4c(C#Cc5ccc(N(C)C)cc5)cc(C#Cc5ccc(N(C)C)cc5)c5ccc2c3c54)cc1. The maximum absolute atomic E-state index is 3.57. The maximum atomic E-state index is 3.57. The topological polar surface area (TPSA) is 13.0 Å². The first-order valence-electron chi connectivity index (χ1n) is 20.0. The van der Waals surface area contributed by atoms with Gasteiger partial charge in [0, 0.05) is 124 Å². The summed E-state index contributed by atoms with van der Waals surface area (Å²) in [5.74, 6) is 28.2. The monoisotopic (exact) mass is 774 g/mol. The van der Waals surface area contributed by atoms with E-state index in [1.807, 2.05) is 56.4 Å². The molecule has 0 bridgehead atoms. The second kappa shape index (κ2) is 16.6. The highest BCUT2D eigenvalue weighted by Crippen LogP contribution is 2.40. The third kappa shape index (κ3) is 8.15. The molecule has 0 saturated carbocycles. The van der Waals surface area contributed by atoms with Crippen LogP contribution in [0.15, 0.2) is 133 Å². The normalized spacial score (nSPS) is 10.5. The fourth-order valence-electron chi connectivity index (χ4n) is 7.34. The summed E-state index contributed by atoms with van der Waals surface area (Å²) in [6.45, 7) is 0. The smallest absolute Gasteiger partial charge is 0.0361 e. The summed E-state index contributed by atoms with van der Waals surface area (Å²) < 4.78 is 0. The summed E-state index contributed by atoms with van der Waals surface area (Å²) in [6, 6.07) is 46.6. The van der Waals surface area contributed by atoms with Gasteiger partial charge in [0.1, 0.15) is 0 Å². The molecule has 0 aliphatic carbocycles. The highest BCUT2D eigenvalue weighted by molar-refractivity contribution is 6.26. The van der Waals surface area contributed by atoms with Crippen LogP contribution in [0.2, 0.25) is 0 Å². The van der Waals surface area contributed by atoms with Gasteiger partial charge in [-0.05, 0) is 142 Å². The molecule has 4 nitrogen and oxygen atoms in total. The molecule has 0 saturated heterocycles. The average molecular weight is 775 g/mol. The summed E-state index contributed by atoms with van der Waals surface area (Å²) in [7, 11) is 16.4.